The topological polar surface area (TPSA) is 43.8 Å². The number of nitrogens with two attached hydrogens (primary N) is 1. The fourth-order valence-corrected chi connectivity index (χ4v) is 3.78. The standard InChI is InChI=1S/C14H22ClN3/c1-3-18-13(14(15)8(2)17-18)7-12(16)11-5-9-4-10(9)6-11/h9-12H,3-7,16H2,1-2H3. The summed E-state index contributed by atoms with van der Waals surface area (Å²) in [6.07, 6.45) is 5.00. The smallest absolute Gasteiger partial charge is 0.0847 e. The summed E-state index contributed by atoms with van der Waals surface area (Å²) in [7, 11) is 0. The van der Waals surface area contributed by atoms with E-state index in [2.05, 4.69) is 12.0 Å². The Morgan fingerprint density at radius 1 is 1.39 bits per heavy atom. The summed E-state index contributed by atoms with van der Waals surface area (Å²) in [5.74, 6) is 2.69. The fraction of sp³-hybridized carbons (Fsp3) is 0.786. The van der Waals surface area contributed by atoms with Gasteiger partial charge in [-0.1, -0.05) is 11.6 Å². The Kier molecular flexibility index (Phi) is 3.15. The minimum Gasteiger partial charge on any atom is -0.327 e. The van der Waals surface area contributed by atoms with E-state index in [1.54, 1.807) is 0 Å². The van der Waals surface area contributed by atoms with Gasteiger partial charge in [-0.25, -0.2) is 0 Å². The molecule has 0 amide bonds. The Balaban J connectivity index is 1.71. The van der Waals surface area contributed by atoms with Crippen molar-refractivity contribution in [1.29, 1.82) is 0 Å². The van der Waals surface area contributed by atoms with Gasteiger partial charge in [-0.15, -0.1) is 0 Å². The third-order valence-corrected chi connectivity index (χ3v) is 5.26. The van der Waals surface area contributed by atoms with Crippen LogP contribution in [-0.2, 0) is 13.0 Å². The molecule has 0 aromatic carbocycles. The van der Waals surface area contributed by atoms with E-state index < -0.39 is 0 Å². The summed E-state index contributed by atoms with van der Waals surface area (Å²) >= 11 is 6.34. The predicted octanol–water partition coefficient (Wildman–Crippen LogP) is 2.78. The Morgan fingerprint density at radius 3 is 2.67 bits per heavy atom. The molecule has 4 heteroatoms. The van der Waals surface area contributed by atoms with Crippen molar-refractivity contribution in [3.63, 3.8) is 0 Å². The molecule has 3 nitrogen and oxygen atoms in total. The first-order valence-corrected chi connectivity index (χ1v) is 7.45. The SMILES string of the molecule is CCn1nc(C)c(Cl)c1CC(N)C1CC2CC2C1. The second kappa shape index (κ2) is 4.53. The van der Waals surface area contributed by atoms with Crippen molar-refractivity contribution >= 4 is 11.6 Å². The number of rotatable bonds is 4. The minimum absolute atomic E-state index is 0.247. The Hall–Kier alpha value is -0.540. The van der Waals surface area contributed by atoms with Crippen molar-refractivity contribution < 1.29 is 0 Å². The van der Waals surface area contributed by atoms with Crippen LogP contribution in [0, 0.1) is 24.7 Å². The molecule has 1 heterocycles. The average Bonchev–Trinajstić information content (AvgIpc) is 2.88. The van der Waals surface area contributed by atoms with E-state index in [-0.39, 0.29) is 6.04 Å². The zero-order valence-electron chi connectivity index (χ0n) is 11.2. The third kappa shape index (κ3) is 2.08. The fourth-order valence-electron chi connectivity index (χ4n) is 3.57. The number of nitrogens with zero attached hydrogens (tertiary/aromatic N) is 2. The van der Waals surface area contributed by atoms with Gasteiger partial charge in [0.2, 0.25) is 0 Å². The molecule has 0 bridgehead atoms. The van der Waals surface area contributed by atoms with Gasteiger partial charge in [0.25, 0.3) is 0 Å². The van der Waals surface area contributed by atoms with Gasteiger partial charge in [-0.05, 0) is 50.9 Å². The molecule has 0 aliphatic heterocycles. The first-order chi connectivity index (χ1) is 8.60. The van der Waals surface area contributed by atoms with Crippen LogP contribution in [0.5, 0.6) is 0 Å². The van der Waals surface area contributed by atoms with Gasteiger partial charge in [0.1, 0.15) is 0 Å². The van der Waals surface area contributed by atoms with Crippen molar-refractivity contribution in [3.8, 4) is 0 Å². The second-order valence-electron chi connectivity index (χ2n) is 6.02. The molecule has 0 spiro atoms. The zero-order valence-corrected chi connectivity index (χ0v) is 12.0. The van der Waals surface area contributed by atoms with Crippen molar-refractivity contribution in [3.05, 3.63) is 16.4 Å². The van der Waals surface area contributed by atoms with E-state index in [4.69, 9.17) is 17.3 Å². The normalized spacial score (nSPS) is 31.4. The molecule has 2 saturated carbocycles. The average molecular weight is 268 g/mol. The Bertz CT molecular complexity index is 444. The van der Waals surface area contributed by atoms with Crippen LogP contribution in [-0.4, -0.2) is 15.8 Å². The lowest BCUT2D eigenvalue weighted by atomic mass is 9.92. The van der Waals surface area contributed by atoms with E-state index in [0.29, 0.717) is 5.92 Å². The first-order valence-electron chi connectivity index (χ1n) is 7.07. The highest BCUT2D eigenvalue weighted by molar-refractivity contribution is 6.31. The van der Waals surface area contributed by atoms with Crippen LogP contribution in [0.2, 0.25) is 5.02 Å². The molecule has 0 radical (unpaired) electrons. The van der Waals surface area contributed by atoms with Crippen LogP contribution in [0.1, 0.15) is 37.6 Å². The number of aromatic nitrogens is 2. The van der Waals surface area contributed by atoms with Gasteiger partial charge < -0.3 is 5.73 Å². The van der Waals surface area contributed by atoms with Gasteiger partial charge in [-0.3, -0.25) is 4.68 Å². The largest absolute Gasteiger partial charge is 0.327 e. The number of hydrogen-bond acceptors (Lipinski definition) is 2. The van der Waals surface area contributed by atoms with Gasteiger partial charge >= 0.3 is 0 Å². The van der Waals surface area contributed by atoms with Crippen LogP contribution in [0.4, 0.5) is 0 Å². The molecule has 100 valence electrons. The van der Waals surface area contributed by atoms with Crippen LogP contribution >= 0.6 is 11.6 Å². The van der Waals surface area contributed by atoms with Crippen molar-refractivity contribution in [1.82, 2.24) is 9.78 Å². The Labute approximate surface area is 114 Å². The van der Waals surface area contributed by atoms with Crippen LogP contribution in [0.15, 0.2) is 0 Å². The molecule has 3 unspecified atom stereocenters. The molecule has 2 aliphatic carbocycles. The predicted molar refractivity (Wildman–Crippen MR) is 73.6 cm³/mol. The summed E-state index contributed by atoms with van der Waals surface area (Å²) in [5.41, 5.74) is 8.45. The van der Waals surface area contributed by atoms with Crippen LogP contribution < -0.4 is 5.73 Å². The maximum atomic E-state index is 6.40. The van der Waals surface area contributed by atoms with E-state index in [1.807, 2.05) is 11.6 Å². The number of hydrogen-bond donors (Lipinski definition) is 1. The number of aryl methyl sites for hydroxylation is 2. The van der Waals surface area contributed by atoms with Crippen LogP contribution in [0.3, 0.4) is 0 Å². The molecular weight excluding hydrogens is 246 g/mol. The molecule has 18 heavy (non-hydrogen) atoms. The molecule has 1 aromatic rings. The molecule has 2 N–H and O–H groups in total. The lowest BCUT2D eigenvalue weighted by molar-refractivity contribution is 0.385. The Morgan fingerprint density at radius 2 is 2.06 bits per heavy atom. The highest BCUT2D eigenvalue weighted by Crippen LogP contribution is 2.55. The summed E-state index contributed by atoms with van der Waals surface area (Å²) < 4.78 is 2.01. The summed E-state index contributed by atoms with van der Waals surface area (Å²) in [6, 6.07) is 0.247. The minimum atomic E-state index is 0.247. The second-order valence-corrected chi connectivity index (χ2v) is 6.40. The van der Waals surface area contributed by atoms with Gasteiger partial charge in [-0.2, -0.15) is 5.10 Å². The zero-order chi connectivity index (χ0) is 12.9. The van der Waals surface area contributed by atoms with Gasteiger partial charge in [0, 0.05) is 19.0 Å². The van der Waals surface area contributed by atoms with E-state index in [0.717, 1.165) is 41.2 Å². The highest BCUT2D eigenvalue weighted by atomic mass is 35.5. The lowest BCUT2D eigenvalue weighted by Crippen LogP contribution is -2.32. The molecule has 3 atom stereocenters. The molecule has 0 saturated heterocycles. The van der Waals surface area contributed by atoms with Crippen LogP contribution in [0.25, 0.3) is 0 Å². The van der Waals surface area contributed by atoms with E-state index >= 15 is 0 Å². The summed E-state index contributed by atoms with van der Waals surface area (Å²) in [5, 5.41) is 5.28. The van der Waals surface area contributed by atoms with Crippen molar-refractivity contribution in [2.75, 3.05) is 0 Å². The summed E-state index contributed by atoms with van der Waals surface area (Å²) in [6.45, 7) is 4.93. The first kappa shape index (κ1) is 12.5. The molecule has 2 fully saturated rings. The van der Waals surface area contributed by atoms with Crippen molar-refractivity contribution in [2.45, 2.75) is 52.1 Å². The molecular formula is C14H22ClN3. The third-order valence-electron chi connectivity index (χ3n) is 4.77. The number of halogens is 1. The van der Waals surface area contributed by atoms with E-state index in [1.165, 1.54) is 19.3 Å². The summed E-state index contributed by atoms with van der Waals surface area (Å²) in [4.78, 5) is 0. The van der Waals surface area contributed by atoms with E-state index in [9.17, 15) is 0 Å². The maximum Gasteiger partial charge on any atom is 0.0847 e. The molecule has 1 aromatic heterocycles. The van der Waals surface area contributed by atoms with Gasteiger partial charge in [0.15, 0.2) is 0 Å². The quantitative estimate of drug-likeness (QED) is 0.912. The maximum absolute atomic E-state index is 6.40. The van der Waals surface area contributed by atoms with Gasteiger partial charge in [0.05, 0.1) is 16.4 Å². The highest BCUT2D eigenvalue weighted by Gasteiger charge is 2.47. The number of fused-ring (bicyclic) bond motifs is 1. The molecule has 2 aliphatic rings. The van der Waals surface area contributed by atoms with Crippen molar-refractivity contribution in [2.24, 2.45) is 23.5 Å². The lowest BCUT2D eigenvalue weighted by Gasteiger charge is -2.21. The molecule has 3 rings (SSSR count). The monoisotopic (exact) mass is 267 g/mol.